The molecule has 6 rings (SSSR count). The first-order valence-electron chi connectivity index (χ1n) is 15.5. The van der Waals surface area contributed by atoms with Crippen LogP contribution in [0, 0.1) is 11.8 Å². The summed E-state index contributed by atoms with van der Waals surface area (Å²) < 4.78 is 29.4. The predicted molar refractivity (Wildman–Crippen MR) is 163 cm³/mol. The first kappa shape index (κ1) is 31.2. The molecule has 14 heteroatoms. The Bertz CT molecular complexity index is 1490. The Morgan fingerprint density at radius 1 is 1.14 bits per heavy atom. The van der Waals surface area contributed by atoms with E-state index in [1.165, 1.54) is 10.7 Å². The summed E-state index contributed by atoms with van der Waals surface area (Å²) in [5, 5.41) is 27.3. The molecule has 6 atom stereocenters. The summed E-state index contributed by atoms with van der Waals surface area (Å²) >= 11 is 6.32. The number of benzene rings is 1. The first-order chi connectivity index (χ1) is 21.3. The van der Waals surface area contributed by atoms with E-state index in [-0.39, 0.29) is 30.3 Å². The van der Waals surface area contributed by atoms with E-state index < -0.39 is 12.1 Å². The summed E-state index contributed by atoms with van der Waals surface area (Å²) in [4.78, 5) is 18.5. The van der Waals surface area contributed by atoms with Gasteiger partial charge in [-0.05, 0) is 68.8 Å². The monoisotopic (exact) mass is 631 g/mol. The summed E-state index contributed by atoms with van der Waals surface area (Å²) in [5.74, 6) is 0.867. The lowest BCUT2D eigenvalue weighted by Gasteiger charge is -2.42. The van der Waals surface area contributed by atoms with Gasteiger partial charge in [-0.15, -0.1) is 5.10 Å². The van der Waals surface area contributed by atoms with Crippen molar-refractivity contribution in [1.29, 1.82) is 0 Å². The third-order valence-electron chi connectivity index (χ3n) is 9.39. The first-order valence-corrected chi connectivity index (χ1v) is 15.9. The normalized spacial score (nSPS) is 28.4. The van der Waals surface area contributed by atoms with Crippen LogP contribution in [0.2, 0.25) is 5.02 Å². The molecule has 1 aromatic carbocycles. The summed E-state index contributed by atoms with van der Waals surface area (Å²) in [5.41, 5.74) is 4.19. The van der Waals surface area contributed by atoms with E-state index in [0.29, 0.717) is 46.4 Å². The molecule has 11 nitrogen and oxygen atoms in total. The molecular weight excluding hydrogens is 592 g/mol. The fourth-order valence-corrected chi connectivity index (χ4v) is 7.41. The molecule has 0 aliphatic carbocycles. The Balaban J connectivity index is 1.32. The highest BCUT2D eigenvalue weighted by Gasteiger charge is 2.42. The van der Waals surface area contributed by atoms with Gasteiger partial charge in [0.25, 0.3) is 12.0 Å². The Hall–Kier alpha value is -2.81. The Morgan fingerprint density at radius 3 is 2.77 bits per heavy atom. The van der Waals surface area contributed by atoms with Crippen molar-refractivity contribution in [2.45, 2.75) is 69.6 Å². The molecule has 3 saturated heterocycles. The highest BCUT2D eigenvalue weighted by Crippen LogP contribution is 2.34. The average Bonchev–Trinajstić information content (AvgIpc) is 3.66. The predicted octanol–water partition coefficient (Wildman–Crippen LogP) is 2.95. The van der Waals surface area contributed by atoms with Gasteiger partial charge in [-0.3, -0.25) is 14.8 Å². The van der Waals surface area contributed by atoms with Crippen molar-refractivity contribution in [2.24, 2.45) is 11.8 Å². The van der Waals surface area contributed by atoms with Crippen LogP contribution in [-0.2, 0) is 0 Å². The van der Waals surface area contributed by atoms with Crippen LogP contribution in [0.1, 0.15) is 57.2 Å². The number of aliphatic hydroxyl groups excluding tert-OH is 1. The van der Waals surface area contributed by atoms with Crippen molar-refractivity contribution in [3.63, 3.8) is 0 Å². The molecule has 238 valence electrons. The second-order valence-corrected chi connectivity index (χ2v) is 12.7. The Labute approximate surface area is 260 Å². The maximum Gasteiger partial charge on any atom is 0.283 e. The number of aromatic nitrogens is 5. The molecule has 4 unspecified atom stereocenters. The van der Waals surface area contributed by atoms with E-state index in [2.05, 4.69) is 38.3 Å². The van der Waals surface area contributed by atoms with Gasteiger partial charge in [0.15, 0.2) is 0 Å². The molecule has 0 spiro atoms. The van der Waals surface area contributed by atoms with Crippen LogP contribution in [0.3, 0.4) is 0 Å². The number of nitrogens with one attached hydrogen (secondary N) is 3. The minimum absolute atomic E-state index is 0.0794. The lowest BCUT2D eigenvalue weighted by molar-refractivity contribution is 0.0718. The number of hydrogen-bond donors (Lipinski definition) is 4. The number of alkyl halides is 2. The SMILES string of the molecule is C[C@@H]1CCC[C@H](n2cnc(-c3cc(Cl)ccc3-n3cc(C(F)F)nn3)cc2=O)C2CC(CCN2)C2C(CNN2CCO)NC1. The number of fused-ring (bicyclic) bond motifs is 4. The molecule has 3 aliphatic heterocycles. The summed E-state index contributed by atoms with van der Waals surface area (Å²) in [6, 6.07) is 6.95. The highest BCUT2D eigenvalue weighted by atomic mass is 35.5. The van der Waals surface area contributed by atoms with Gasteiger partial charge in [-0.1, -0.05) is 30.2 Å². The van der Waals surface area contributed by atoms with Gasteiger partial charge in [0.2, 0.25) is 0 Å². The van der Waals surface area contributed by atoms with Gasteiger partial charge in [-0.2, -0.15) is 0 Å². The summed E-state index contributed by atoms with van der Waals surface area (Å²) in [6.07, 6.45) is 4.78. The minimum atomic E-state index is -2.76. The molecule has 0 amide bonds. The van der Waals surface area contributed by atoms with Gasteiger partial charge in [0.1, 0.15) is 5.69 Å². The summed E-state index contributed by atoms with van der Waals surface area (Å²) in [6.45, 7) is 5.55. The van der Waals surface area contributed by atoms with E-state index in [0.717, 1.165) is 57.9 Å². The standard InChI is InChI=1S/C30H40ClF2N9O2/c1-18-3-2-4-27(23-11-19(7-8-34-23)29-24(35-14-18)15-37-41(29)9-10-43)40-17-36-22(13-28(40)44)21-12-20(31)5-6-26(21)42-16-25(30(32)33)38-39-42/h5-6,12-13,16-19,23-24,27,29-30,34-35,37,43H,2-4,7-11,14-15H2,1H3/t18-,19?,23?,24?,27+,29?/m1/s1. The van der Waals surface area contributed by atoms with E-state index in [4.69, 9.17) is 16.6 Å². The smallest absolute Gasteiger partial charge is 0.283 e. The van der Waals surface area contributed by atoms with E-state index in [1.54, 1.807) is 29.1 Å². The maximum absolute atomic E-state index is 13.8. The quantitative estimate of drug-likeness (QED) is 0.325. The number of aliphatic hydroxyl groups is 1. The van der Waals surface area contributed by atoms with Gasteiger partial charge < -0.3 is 15.7 Å². The van der Waals surface area contributed by atoms with Crippen molar-refractivity contribution in [3.05, 3.63) is 57.9 Å². The van der Waals surface area contributed by atoms with Crippen LogP contribution in [0.4, 0.5) is 8.78 Å². The number of hydrazine groups is 1. The largest absolute Gasteiger partial charge is 0.395 e. The van der Waals surface area contributed by atoms with Crippen molar-refractivity contribution in [3.8, 4) is 16.9 Å². The molecular formula is C30H40ClF2N9O2. The van der Waals surface area contributed by atoms with Crippen molar-refractivity contribution < 1.29 is 13.9 Å². The number of halogens is 3. The van der Waals surface area contributed by atoms with E-state index >= 15 is 0 Å². The highest BCUT2D eigenvalue weighted by molar-refractivity contribution is 6.31. The lowest BCUT2D eigenvalue weighted by Crippen LogP contribution is -2.55. The zero-order chi connectivity index (χ0) is 30.8. The zero-order valence-corrected chi connectivity index (χ0v) is 25.5. The number of β-amino-alcohol motifs (C(OH)–C–C–N with tert-alkyl or cyclic N) is 1. The van der Waals surface area contributed by atoms with Crippen LogP contribution in [0.15, 0.2) is 41.6 Å². The number of hydrogen-bond acceptors (Lipinski definition) is 9. The third kappa shape index (κ3) is 6.58. The third-order valence-corrected chi connectivity index (χ3v) is 9.62. The molecule has 3 aliphatic rings. The molecule has 3 fully saturated rings. The molecule has 2 bridgehead atoms. The molecule has 4 N–H and O–H groups in total. The molecule has 3 aromatic rings. The van der Waals surface area contributed by atoms with Gasteiger partial charge >= 0.3 is 0 Å². The van der Waals surface area contributed by atoms with Crippen LogP contribution in [0.5, 0.6) is 0 Å². The second kappa shape index (κ2) is 13.7. The van der Waals surface area contributed by atoms with Crippen LogP contribution in [0.25, 0.3) is 16.9 Å². The van der Waals surface area contributed by atoms with Crippen molar-refractivity contribution >= 4 is 11.6 Å². The zero-order valence-electron chi connectivity index (χ0n) is 24.7. The fourth-order valence-electron chi connectivity index (χ4n) is 7.23. The molecule has 44 heavy (non-hydrogen) atoms. The number of nitrogens with zero attached hydrogens (tertiary/aromatic N) is 6. The van der Waals surface area contributed by atoms with Gasteiger partial charge in [0.05, 0.1) is 36.6 Å². The topological polar surface area (TPSA) is 125 Å². The van der Waals surface area contributed by atoms with Gasteiger partial charge in [0, 0.05) is 47.9 Å². The van der Waals surface area contributed by atoms with Crippen molar-refractivity contribution in [2.75, 3.05) is 32.8 Å². The van der Waals surface area contributed by atoms with Crippen LogP contribution < -0.4 is 21.6 Å². The fraction of sp³-hybridized carbons (Fsp3) is 0.600. The number of piperidine rings is 1. The maximum atomic E-state index is 13.8. The van der Waals surface area contributed by atoms with Crippen LogP contribution >= 0.6 is 11.6 Å². The Kier molecular flexibility index (Phi) is 9.69. The van der Waals surface area contributed by atoms with E-state index in [9.17, 15) is 18.7 Å². The summed E-state index contributed by atoms with van der Waals surface area (Å²) in [7, 11) is 0. The minimum Gasteiger partial charge on any atom is -0.395 e. The van der Waals surface area contributed by atoms with Crippen LogP contribution in [-0.4, -0.2) is 85.6 Å². The molecule has 2 aromatic heterocycles. The molecule has 0 radical (unpaired) electrons. The van der Waals surface area contributed by atoms with Gasteiger partial charge in [-0.25, -0.2) is 23.5 Å². The van der Waals surface area contributed by atoms with Crippen molar-refractivity contribution in [1.82, 2.24) is 45.6 Å². The van der Waals surface area contributed by atoms with E-state index in [1.807, 2.05) is 0 Å². The lowest BCUT2D eigenvalue weighted by atomic mass is 9.79. The Morgan fingerprint density at radius 2 is 2.00 bits per heavy atom. The molecule has 5 heterocycles. The average molecular weight is 632 g/mol. The second-order valence-electron chi connectivity index (χ2n) is 12.3. The molecule has 0 saturated carbocycles. The number of rotatable bonds is 6.